The highest BCUT2D eigenvalue weighted by atomic mass is 35.5. The van der Waals surface area contributed by atoms with Gasteiger partial charge in [-0.25, -0.2) is 4.98 Å². The van der Waals surface area contributed by atoms with Crippen molar-refractivity contribution < 1.29 is 27.4 Å². The summed E-state index contributed by atoms with van der Waals surface area (Å²) in [7, 11) is 1.11. The Kier molecular flexibility index (Phi) is 3.66. The molecular formula is C8H6ClF3N2O3. The van der Waals surface area contributed by atoms with E-state index in [-0.39, 0.29) is 11.4 Å². The first-order valence-corrected chi connectivity index (χ1v) is 4.42. The number of halogens is 4. The van der Waals surface area contributed by atoms with Crippen LogP contribution in [-0.2, 0) is 0 Å². The second kappa shape index (κ2) is 4.66. The van der Waals surface area contributed by atoms with Crippen molar-refractivity contribution in [2.24, 2.45) is 0 Å². The molecule has 0 aliphatic heterocycles. The van der Waals surface area contributed by atoms with E-state index in [4.69, 9.17) is 17.3 Å². The molecule has 17 heavy (non-hydrogen) atoms. The van der Waals surface area contributed by atoms with Crippen molar-refractivity contribution in [1.29, 1.82) is 0 Å². The summed E-state index contributed by atoms with van der Waals surface area (Å²) in [6, 6.07) is 0. The molecule has 1 rings (SSSR count). The number of pyridine rings is 1. The topological polar surface area (TPSA) is 74.4 Å². The molecule has 5 nitrogen and oxygen atoms in total. The Hall–Kier alpha value is -1.70. The summed E-state index contributed by atoms with van der Waals surface area (Å²) in [6.45, 7) is 0. The Balaban J connectivity index is 3.25. The first-order valence-electron chi connectivity index (χ1n) is 4.04. The molecule has 0 radical (unpaired) electrons. The SMILES string of the molecule is COc1c(C(=O)Cl)ncc(OC(F)(F)F)c1N. The fraction of sp³-hybridized carbons (Fsp3) is 0.250. The summed E-state index contributed by atoms with van der Waals surface area (Å²) in [5.74, 6) is -1.14. The lowest BCUT2D eigenvalue weighted by Gasteiger charge is -2.13. The van der Waals surface area contributed by atoms with Gasteiger partial charge in [-0.15, -0.1) is 13.2 Å². The zero-order chi connectivity index (χ0) is 13.2. The molecule has 94 valence electrons. The molecule has 0 unspecified atom stereocenters. The van der Waals surface area contributed by atoms with Crippen LogP contribution in [0.3, 0.4) is 0 Å². The van der Waals surface area contributed by atoms with Gasteiger partial charge in [0.15, 0.2) is 17.2 Å². The number of hydrogen-bond donors (Lipinski definition) is 1. The number of alkyl halides is 3. The van der Waals surface area contributed by atoms with E-state index >= 15 is 0 Å². The number of hydrogen-bond acceptors (Lipinski definition) is 5. The van der Waals surface area contributed by atoms with Gasteiger partial charge in [-0.1, -0.05) is 0 Å². The van der Waals surface area contributed by atoms with Crippen molar-refractivity contribution >= 4 is 22.5 Å². The summed E-state index contributed by atoms with van der Waals surface area (Å²) in [5.41, 5.74) is 4.44. The molecule has 1 aromatic heterocycles. The molecule has 9 heteroatoms. The summed E-state index contributed by atoms with van der Waals surface area (Å²) in [5, 5.41) is -1.01. The molecule has 0 saturated carbocycles. The van der Waals surface area contributed by atoms with E-state index in [1.807, 2.05) is 0 Å². The zero-order valence-electron chi connectivity index (χ0n) is 8.34. The minimum Gasteiger partial charge on any atom is -0.492 e. The quantitative estimate of drug-likeness (QED) is 0.850. The van der Waals surface area contributed by atoms with Crippen LogP contribution in [0.25, 0.3) is 0 Å². The van der Waals surface area contributed by atoms with Crippen LogP contribution >= 0.6 is 11.6 Å². The Bertz CT molecular complexity index is 450. The maximum Gasteiger partial charge on any atom is 0.573 e. The van der Waals surface area contributed by atoms with Gasteiger partial charge in [-0.05, 0) is 11.6 Å². The van der Waals surface area contributed by atoms with Gasteiger partial charge < -0.3 is 15.2 Å². The van der Waals surface area contributed by atoms with Crippen molar-refractivity contribution in [2.45, 2.75) is 6.36 Å². The third-order valence-corrected chi connectivity index (χ3v) is 1.83. The monoisotopic (exact) mass is 270 g/mol. The second-order valence-electron chi connectivity index (χ2n) is 2.74. The van der Waals surface area contributed by atoms with Crippen LogP contribution in [0.4, 0.5) is 18.9 Å². The number of aromatic nitrogens is 1. The molecule has 0 spiro atoms. The Morgan fingerprint density at radius 1 is 1.53 bits per heavy atom. The smallest absolute Gasteiger partial charge is 0.492 e. The average Bonchev–Trinajstić information content (AvgIpc) is 2.18. The van der Waals surface area contributed by atoms with Gasteiger partial charge in [-0.2, -0.15) is 0 Å². The zero-order valence-corrected chi connectivity index (χ0v) is 9.09. The molecule has 2 N–H and O–H groups in total. The standard InChI is InChI=1S/C8H6ClF3N2O3/c1-16-6-4(13)3(17-8(10,11)12)2-14-5(6)7(9)15/h2H,1H3,(H2,13,14). The van der Waals surface area contributed by atoms with Gasteiger partial charge >= 0.3 is 6.36 Å². The number of carbonyl (C=O) groups excluding carboxylic acids is 1. The molecule has 0 aliphatic rings. The summed E-state index contributed by atoms with van der Waals surface area (Å²) < 4.78 is 44.2. The lowest BCUT2D eigenvalue weighted by molar-refractivity contribution is -0.274. The molecule has 0 atom stereocenters. The van der Waals surface area contributed by atoms with Crippen molar-refractivity contribution in [3.8, 4) is 11.5 Å². The van der Waals surface area contributed by atoms with Crippen molar-refractivity contribution in [1.82, 2.24) is 4.98 Å². The van der Waals surface area contributed by atoms with E-state index in [0.29, 0.717) is 6.20 Å². The predicted molar refractivity (Wildman–Crippen MR) is 52.1 cm³/mol. The fourth-order valence-corrected chi connectivity index (χ4v) is 1.18. The maximum absolute atomic E-state index is 12.0. The molecular weight excluding hydrogens is 265 g/mol. The van der Waals surface area contributed by atoms with Crippen LogP contribution in [0.2, 0.25) is 0 Å². The van der Waals surface area contributed by atoms with Crippen LogP contribution < -0.4 is 15.2 Å². The number of nitrogens with zero attached hydrogens (tertiary/aromatic N) is 1. The summed E-state index contributed by atoms with van der Waals surface area (Å²) in [6.07, 6.45) is -4.28. The van der Waals surface area contributed by atoms with Crippen LogP contribution in [-0.4, -0.2) is 23.7 Å². The molecule has 0 aliphatic carbocycles. The Morgan fingerprint density at radius 3 is 2.53 bits per heavy atom. The number of anilines is 1. The number of carbonyl (C=O) groups is 1. The second-order valence-corrected chi connectivity index (χ2v) is 3.08. The normalized spacial score (nSPS) is 11.1. The highest BCUT2D eigenvalue weighted by Crippen LogP contribution is 2.36. The van der Waals surface area contributed by atoms with Crippen LogP contribution in [0.15, 0.2) is 6.20 Å². The van der Waals surface area contributed by atoms with Gasteiger partial charge in [0.05, 0.1) is 13.3 Å². The van der Waals surface area contributed by atoms with Crippen molar-refractivity contribution in [2.75, 3.05) is 12.8 Å². The van der Waals surface area contributed by atoms with Gasteiger partial charge in [0.25, 0.3) is 5.24 Å². The van der Waals surface area contributed by atoms with Gasteiger partial charge in [0.1, 0.15) is 5.69 Å². The minimum atomic E-state index is -4.92. The van der Waals surface area contributed by atoms with E-state index in [1.165, 1.54) is 0 Å². The number of nitrogen functional groups attached to an aromatic ring is 1. The van der Waals surface area contributed by atoms with Crippen LogP contribution in [0.5, 0.6) is 11.5 Å². The van der Waals surface area contributed by atoms with Crippen LogP contribution in [0, 0.1) is 0 Å². The third-order valence-electron chi connectivity index (χ3n) is 1.65. The Morgan fingerprint density at radius 2 is 2.12 bits per heavy atom. The van der Waals surface area contributed by atoms with Gasteiger partial charge in [-0.3, -0.25) is 4.79 Å². The molecule has 1 aromatic rings. The number of nitrogens with two attached hydrogens (primary N) is 1. The first kappa shape index (κ1) is 13.4. The van der Waals surface area contributed by atoms with E-state index < -0.39 is 23.0 Å². The van der Waals surface area contributed by atoms with Crippen LogP contribution in [0.1, 0.15) is 10.5 Å². The number of rotatable bonds is 3. The molecule has 0 saturated heterocycles. The van der Waals surface area contributed by atoms with Gasteiger partial charge in [0, 0.05) is 0 Å². The first-order chi connectivity index (χ1) is 7.76. The Labute approximate surface area is 98.3 Å². The highest BCUT2D eigenvalue weighted by Gasteiger charge is 2.33. The van der Waals surface area contributed by atoms with E-state index in [9.17, 15) is 18.0 Å². The van der Waals surface area contributed by atoms with Crippen molar-refractivity contribution in [3.63, 3.8) is 0 Å². The highest BCUT2D eigenvalue weighted by molar-refractivity contribution is 6.67. The van der Waals surface area contributed by atoms with E-state index in [2.05, 4.69) is 14.5 Å². The molecule has 0 aromatic carbocycles. The lowest BCUT2D eigenvalue weighted by Crippen LogP contribution is -2.19. The van der Waals surface area contributed by atoms with E-state index in [0.717, 1.165) is 7.11 Å². The van der Waals surface area contributed by atoms with Crippen molar-refractivity contribution in [3.05, 3.63) is 11.9 Å². The third kappa shape index (κ3) is 3.13. The largest absolute Gasteiger partial charge is 0.573 e. The fourth-order valence-electron chi connectivity index (χ4n) is 1.04. The van der Waals surface area contributed by atoms with E-state index in [1.54, 1.807) is 0 Å². The lowest BCUT2D eigenvalue weighted by atomic mass is 10.3. The molecule has 0 bridgehead atoms. The number of methoxy groups -OCH3 is 1. The van der Waals surface area contributed by atoms with Gasteiger partial charge in [0.2, 0.25) is 0 Å². The minimum absolute atomic E-state index is 0.369. The molecule has 1 heterocycles. The summed E-state index contributed by atoms with van der Waals surface area (Å²) >= 11 is 5.14. The molecule has 0 amide bonds. The maximum atomic E-state index is 12.0. The molecule has 0 fully saturated rings. The average molecular weight is 271 g/mol. The predicted octanol–water partition coefficient (Wildman–Crippen LogP) is 1.95. The number of ether oxygens (including phenoxy) is 2. The summed E-state index contributed by atoms with van der Waals surface area (Å²) in [4.78, 5) is 14.3.